The molecule has 160 valence electrons. The molecule has 0 aromatic heterocycles. The van der Waals surface area contributed by atoms with Gasteiger partial charge in [-0.05, 0) is 63.6 Å². The summed E-state index contributed by atoms with van der Waals surface area (Å²) in [5.74, 6) is 0.131. The summed E-state index contributed by atoms with van der Waals surface area (Å²) < 4.78 is 0. The number of carbonyl (C=O) groups excluding carboxylic acids is 2. The lowest BCUT2D eigenvalue weighted by molar-refractivity contribution is -0.131. The molecule has 0 aromatic rings. The minimum atomic E-state index is -0.626. The zero-order valence-corrected chi connectivity index (χ0v) is 17.9. The smallest absolute Gasteiger partial charge is 0.240 e. The fourth-order valence-corrected chi connectivity index (χ4v) is 3.25. The van der Waals surface area contributed by atoms with Crippen LogP contribution in [0.1, 0.15) is 66.2 Å². The number of hydrogen-bond acceptors (Lipinski definition) is 5. The van der Waals surface area contributed by atoms with Gasteiger partial charge in [-0.25, -0.2) is 0 Å². The highest BCUT2D eigenvalue weighted by molar-refractivity contribution is 5.89. The molecule has 0 unspecified atom stereocenters. The highest BCUT2D eigenvalue weighted by atomic mass is 16.2. The highest BCUT2D eigenvalue weighted by Gasteiger charge is 2.29. The Morgan fingerprint density at radius 1 is 0.926 bits per heavy atom. The van der Waals surface area contributed by atoms with Crippen LogP contribution in [-0.2, 0) is 9.59 Å². The summed E-state index contributed by atoms with van der Waals surface area (Å²) in [5.41, 5.74) is 16.8. The topological polar surface area (TPSA) is 127 Å². The van der Waals surface area contributed by atoms with Gasteiger partial charge in [0.1, 0.15) is 6.04 Å². The largest absolute Gasteiger partial charge is 0.368 e. The predicted octanol–water partition coefficient (Wildman–Crippen LogP) is 1.20. The molecule has 0 rings (SSSR count). The monoisotopic (exact) mass is 385 g/mol. The number of nitrogens with zero attached hydrogens (tertiary/aromatic N) is 1. The molecule has 0 saturated heterocycles. The lowest BCUT2D eigenvalue weighted by Crippen LogP contribution is -2.54. The highest BCUT2D eigenvalue weighted by Crippen LogP contribution is 2.15. The first-order chi connectivity index (χ1) is 12.7. The van der Waals surface area contributed by atoms with Crippen LogP contribution in [0.5, 0.6) is 0 Å². The van der Waals surface area contributed by atoms with E-state index < -0.39 is 11.9 Å². The molecule has 0 bridgehead atoms. The molecule has 0 heterocycles. The second-order valence-corrected chi connectivity index (χ2v) is 8.28. The van der Waals surface area contributed by atoms with Crippen LogP contribution in [0.15, 0.2) is 0 Å². The zero-order chi connectivity index (χ0) is 20.8. The van der Waals surface area contributed by atoms with Crippen LogP contribution < -0.4 is 22.5 Å². The maximum absolute atomic E-state index is 13.1. The van der Waals surface area contributed by atoms with Crippen molar-refractivity contribution in [3.63, 3.8) is 0 Å². The zero-order valence-electron chi connectivity index (χ0n) is 17.9. The van der Waals surface area contributed by atoms with Crippen LogP contribution in [-0.4, -0.2) is 55.0 Å². The summed E-state index contributed by atoms with van der Waals surface area (Å²) in [7, 11) is 0. The Morgan fingerprint density at radius 3 is 2.00 bits per heavy atom. The molecular weight excluding hydrogens is 342 g/mol. The third-order valence-corrected chi connectivity index (χ3v) is 4.54. The second-order valence-electron chi connectivity index (χ2n) is 8.28. The Morgan fingerprint density at radius 2 is 1.52 bits per heavy atom. The number of rotatable bonds is 16. The number of unbranched alkanes of at least 4 members (excludes halogenated alkanes) is 2. The molecule has 0 saturated carbocycles. The van der Waals surface area contributed by atoms with Crippen LogP contribution in [0.25, 0.3) is 0 Å². The van der Waals surface area contributed by atoms with E-state index in [9.17, 15) is 9.59 Å². The summed E-state index contributed by atoms with van der Waals surface area (Å²) in [4.78, 5) is 27.1. The number of nitrogens with one attached hydrogen (secondary N) is 1. The van der Waals surface area contributed by atoms with Crippen molar-refractivity contribution in [2.45, 2.75) is 78.3 Å². The van der Waals surface area contributed by atoms with Crippen LogP contribution in [0.4, 0.5) is 0 Å². The maximum Gasteiger partial charge on any atom is 0.240 e. The molecule has 2 amide bonds. The third-order valence-electron chi connectivity index (χ3n) is 4.54. The van der Waals surface area contributed by atoms with Crippen molar-refractivity contribution in [1.29, 1.82) is 0 Å². The fourth-order valence-electron chi connectivity index (χ4n) is 3.25. The Hall–Kier alpha value is -1.18. The normalized spacial score (nSPS) is 14.0. The van der Waals surface area contributed by atoms with Gasteiger partial charge in [0.05, 0.1) is 6.04 Å². The van der Waals surface area contributed by atoms with E-state index in [1.54, 1.807) is 0 Å². The Kier molecular flexibility index (Phi) is 14.2. The third kappa shape index (κ3) is 12.0. The van der Waals surface area contributed by atoms with Crippen molar-refractivity contribution in [2.75, 3.05) is 26.2 Å². The fraction of sp³-hybridized carbons (Fsp3) is 0.900. The quantitative estimate of drug-likeness (QED) is 0.297. The summed E-state index contributed by atoms with van der Waals surface area (Å²) >= 11 is 0. The number of primary amides is 1. The molecule has 0 fully saturated rings. The van der Waals surface area contributed by atoms with Gasteiger partial charge in [0.2, 0.25) is 11.8 Å². The van der Waals surface area contributed by atoms with Gasteiger partial charge in [0.15, 0.2) is 0 Å². The maximum atomic E-state index is 13.1. The van der Waals surface area contributed by atoms with Crippen molar-refractivity contribution in [3.05, 3.63) is 0 Å². The average molecular weight is 386 g/mol. The Balaban J connectivity index is 5.26. The molecule has 0 aromatic carbocycles. The molecule has 0 aliphatic carbocycles. The molecule has 0 spiro atoms. The van der Waals surface area contributed by atoms with Crippen LogP contribution in [0.2, 0.25) is 0 Å². The minimum absolute atomic E-state index is 0.107. The van der Waals surface area contributed by atoms with E-state index in [0.29, 0.717) is 25.4 Å². The molecule has 7 N–H and O–H groups in total. The lowest BCUT2D eigenvalue weighted by Gasteiger charge is -2.33. The molecule has 7 nitrogen and oxygen atoms in total. The van der Waals surface area contributed by atoms with Gasteiger partial charge in [-0.3, -0.25) is 14.5 Å². The first-order valence-electron chi connectivity index (χ1n) is 10.5. The Bertz CT molecular complexity index is 415. The van der Waals surface area contributed by atoms with Crippen LogP contribution >= 0.6 is 0 Å². The molecule has 27 heavy (non-hydrogen) atoms. The molecule has 0 aliphatic heterocycles. The molecule has 7 heteroatoms. The Labute approximate surface area is 165 Å². The van der Waals surface area contributed by atoms with Gasteiger partial charge in [0, 0.05) is 6.54 Å². The molecule has 0 radical (unpaired) electrons. The van der Waals surface area contributed by atoms with E-state index in [-0.39, 0.29) is 17.9 Å². The molecule has 2 atom stereocenters. The van der Waals surface area contributed by atoms with E-state index in [2.05, 4.69) is 24.1 Å². The first-order valence-corrected chi connectivity index (χ1v) is 10.5. The van der Waals surface area contributed by atoms with Crippen molar-refractivity contribution in [1.82, 2.24) is 10.2 Å². The second kappa shape index (κ2) is 14.8. The van der Waals surface area contributed by atoms with Gasteiger partial charge >= 0.3 is 0 Å². The van der Waals surface area contributed by atoms with E-state index in [4.69, 9.17) is 17.2 Å². The summed E-state index contributed by atoms with van der Waals surface area (Å²) in [6.07, 6.45) is 4.93. The number of carbonyl (C=O) groups is 2. The number of amides is 2. The SMILES string of the molecule is CC(C)C[C@H](NC(=O)[C@H](CCCCN)N(CCCCN)CC(C)C)C(N)=O. The van der Waals surface area contributed by atoms with Crippen molar-refractivity contribution < 1.29 is 9.59 Å². The predicted molar refractivity (Wildman–Crippen MR) is 112 cm³/mol. The van der Waals surface area contributed by atoms with Crippen LogP contribution in [0.3, 0.4) is 0 Å². The number of nitrogens with two attached hydrogens (primary N) is 3. The number of hydrogen-bond donors (Lipinski definition) is 4. The van der Waals surface area contributed by atoms with E-state index >= 15 is 0 Å². The van der Waals surface area contributed by atoms with E-state index in [0.717, 1.165) is 45.2 Å². The van der Waals surface area contributed by atoms with E-state index in [1.165, 1.54) is 0 Å². The van der Waals surface area contributed by atoms with Gasteiger partial charge in [-0.15, -0.1) is 0 Å². The summed E-state index contributed by atoms with van der Waals surface area (Å²) in [5, 5.41) is 2.91. The van der Waals surface area contributed by atoms with E-state index in [1.807, 2.05) is 13.8 Å². The van der Waals surface area contributed by atoms with Crippen molar-refractivity contribution in [3.8, 4) is 0 Å². The average Bonchev–Trinajstić information content (AvgIpc) is 2.56. The molecular formula is C20H43N5O2. The lowest BCUT2D eigenvalue weighted by atomic mass is 10.0. The van der Waals surface area contributed by atoms with Gasteiger partial charge in [0.25, 0.3) is 0 Å². The van der Waals surface area contributed by atoms with Gasteiger partial charge < -0.3 is 22.5 Å². The molecule has 0 aliphatic rings. The van der Waals surface area contributed by atoms with Crippen molar-refractivity contribution >= 4 is 11.8 Å². The summed E-state index contributed by atoms with van der Waals surface area (Å²) in [6.45, 7) is 11.2. The minimum Gasteiger partial charge on any atom is -0.368 e. The van der Waals surface area contributed by atoms with Crippen LogP contribution in [0, 0.1) is 11.8 Å². The summed E-state index contributed by atoms with van der Waals surface area (Å²) in [6, 6.07) is -0.898. The van der Waals surface area contributed by atoms with Gasteiger partial charge in [-0.1, -0.05) is 34.1 Å². The standard InChI is InChI=1S/C20H43N5O2/c1-15(2)13-17(19(23)26)24-20(27)18(9-5-6-10-21)25(14-16(3)4)12-8-7-11-22/h15-18H,5-14,21-22H2,1-4H3,(H2,23,26)(H,24,27)/t17-,18-/m0/s1. The first kappa shape index (κ1) is 25.8. The van der Waals surface area contributed by atoms with Crippen molar-refractivity contribution in [2.24, 2.45) is 29.0 Å². The van der Waals surface area contributed by atoms with Gasteiger partial charge in [-0.2, -0.15) is 0 Å².